The minimum absolute atomic E-state index is 0.126. The molecular weight excluding hydrogens is 650 g/mol. The smallest absolute Gasteiger partial charge is 0.242 e. The van der Waals surface area contributed by atoms with Gasteiger partial charge in [-0.1, -0.05) is 44.2 Å². The summed E-state index contributed by atoms with van der Waals surface area (Å²) < 4.78 is 30.7. The van der Waals surface area contributed by atoms with Gasteiger partial charge in [-0.3, -0.25) is 4.79 Å². The van der Waals surface area contributed by atoms with Crippen molar-refractivity contribution in [1.82, 2.24) is 4.72 Å². The van der Waals surface area contributed by atoms with Crippen LogP contribution in [0.25, 0.3) is 0 Å². The monoisotopic (exact) mass is 674 g/mol. The van der Waals surface area contributed by atoms with Crippen LogP contribution >= 0.6 is 45.2 Å². The van der Waals surface area contributed by atoms with E-state index in [1.54, 1.807) is 12.1 Å². The highest BCUT2D eigenvalue weighted by atomic mass is 127. The Balaban J connectivity index is 1.90. The van der Waals surface area contributed by atoms with E-state index in [9.17, 15) is 13.2 Å². The SMILES string of the molecule is CC(C)c1cc(I)ccc1NC(=O)[C@@H](Cc1ccccc1)NS(=O)(=O)c1ccc(I)cc1. The second-order valence-electron chi connectivity index (χ2n) is 7.69. The van der Waals surface area contributed by atoms with E-state index in [2.05, 4.69) is 69.1 Å². The fourth-order valence-corrected chi connectivity index (χ4v) is 5.32. The summed E-state index contributed by atoms with van der Waals surface area (Å²) in [6.45, 7) is 4.12. The molecule has 0 radical (unpaired) electrons. The number of carbonyl (C=O) groups is 1. The molecule has 1 amide bonds. The average molecular weight is 674 g/mol. The Morgan fingerprint density at radius 2 is 1.53 bits per heavy atom. The third-order valence-electron chi connectivity index (χ3n) is 4.91. The van der Waals surface area contributed by atoms with Crippen LogP contribution in [-0.2, 0) is 21.2 Å². The highest BCUT2D eigenvalue weighted by Crippen LogP contribution is 2.26. The van der Waals surface area contributed by atoms with E-state index < -0.39 is 22.0 Å². The van der Waals surface area contributed by atoms with Crippen LogP contribution in [0.4, 0.5) is 5.69 Å². The molecule has 1 atom stereocenters. The molecule has 0 saturated carbocycles. The van der Waals surface area contributed by atoms with Crippen LogP contribution < -0.4 is 10.0 Å². The van der Waals surface area contributed by atoms with E-state index in [-0.39, 0.29) is 17.2 Å². The lowest BCUT2D eigenvalue weighted by molar-refractivity contribution is -0.117. The van der Waals surface area contributed by atoms with Gasteiger partial charge in [0.15, 0.2) is 0 Å². The fourth-order valence-electron chi connectivity index (χ4n) is 3.25. The summed E-state index contributed by atoms with van der Waals surface area (Å²) in [5, 5.41) is 2.95. The van der Waals surface area contributed by atoms with E-state index in [0.29, 0.717) is 5.69 Å². The minimum Gasteiger partial charge on any atom is -0.324 e. The maximum Gasteiger partial charge on any atom is 0.242 e. The zero-order valence-corrected chi connectivity index (χ0v) is 22.8. The second-order valence-corrected chi connectivity index (χ2v) is 11.9. The van der Waals surface area contributed by atoms with Gasteiger partial charge >= 0.3 is 0 Å². The van der Waals surface area contributed by atoms with Crippen LogP contribution in [0.2, 0.25) is 0 Å². The Morgan fingerprint density at radius 3 is 2.16 bits per heavy atom. The number of rotatable bonds is 8. The molecule has 8 heteroatoms. The van der Waals surface area contributed by atoms with Gasteiger partial charge in [0.2, 0.25) is 15.9 Å². The molecule has 0 spiro atoms. The Hall–Kier alpha value is -1.50. The molecule has 0 saturated heterocycles. The van der Waals surface area contributed by atoms with Crippen molar-refractivity contribution in [2.24, 2.45) is 0 Å². The lowest BCUT2D eigenvalue weighted by atomic mass is 10.0. The summed E-state index contributed by atoms with van der Waals surface area (Å²) in [7, 11) is -3.88. The van der Waals surface area contributed by atoms with Crippen molar-refractivity contribution < 1.29 is 13.2 Å². The number of halogens is 2. The third kappa shape index (κ3) is 6.75. The van der Waals surface area contributed by atoms with Gasteiger partial charge in [-0.15, -0.1) is 0 Å². The Morgan fingerprint density at radius 1 is 0.906 bits per heavy atom. The van der Waals surface area contributed by atoms with Crippen LogP contribution in [0.5, 0.6) is 0 Å². The molecule has 0 fully saturated rings. The zero-order chi connectivity index (χ0) is 23.3. The predicted molar refractivity (Wildman–Crippen MR) is 145 cm³/mol. The minimum atomic E-state index is -3.88. The molecule has 3 aromatic carbocycles. The van der Waals surface area contributed by atoms with Gasteiger partial charge in [0.05, 0.1) is 4.90 Å². The van der Waals surface area contributed by atoms with Gasteiger partial charge in [-0.05, 0) is 111 Å². The van der Waals surface area contributed by atoms with Crippen LogP contribution in [0.1, 0.15) is 30.9 Å². The summed E-state index contributed by atoms with van der Waals surface area (Å²) in [6.07, 6.45) is 0.234. The van der Waals surface area contributed by atoms with Gasteiger partial charge < -0.3 is 5.32 Å². The molecule has 3 aromatic rings. The largest absolute Gasteiger partial charge is 0.324 e. The van der Waals surface area contributed by atoms with Crippen molar-refractivity contribution in [3.63, 3.8) is 0 Å². The molecule has 3 rings (SSSR count). The molecule has 168 valence electrons. The zero-order valence-electron chi connectivity index (χ0n) is 17.7. The molecule has 2 N–H and O–H groups in total. The molecule has 32 heavy (non-hydrogen) atoms. The average Bonchev–Trinajstić information content (AvgIpc) is 2.75. The van der Waals surface area contributed by atoms with Crippen molar-refractivity contribution in [2.75, 3.05) is 5.32 Å². The summed E-state index contributed by atoms with van der Waals surface area (Å²) >= 11 is 4.36. The molecule has 5 nitrogen and oxygen atoms in total. The van der Waals surface area contributed by atoms with E-state index >= 15 is 0 Å². The van der Waals surface area contributed by atoms with E-state index in [0.717, 1.165) is 18.3 Å². The Kier molecular flexibility index (Phi) is 8.70. The predicted octanol–water partition coefficient (Wildman–Crippen LogP) is 5.55. The number of hydrogen-bond acceptors (Lipinski definition) is 3. The molecule has 0 bridgehead atoms. The van der Waals surface area contributed by atoms with Crippen LogP contribution in [-0.4, -0.2) is 20.4 Å². The lowest BCUT2D eigenvalue weighted by Crippen LogP contribution is -2.45. The molecular formula is C24H24I2N2O3S. The number of benzene rings is 3. The summed E-state index contributed by atoms with van der Waals surface area (Å²) in [6, 6.07) is 20.7. The first-order valence-corrected chi connectivity index (χ1v) is 13.7. The first-order chi connectivity index (χ1) is 15.2. The van der Waals surface area contributed by atoms with Crippen LogP contribution in [0, 0.1) is 7.14 Å². The maximum atomic E-state index is 13.3. The maximum absolute atomic E-state index is 13.3. The number of hydrogen-bond donors (Lipinski definition) is 2. The number of sulfonamides is 1. The number of carbonyl (C=O) groups excluding carboxylic acids is 1. The van der Waals surface area contributed by atoms with Crippen molar-refractivity contribution >= 4 is 66.8 Å². The first-order valence-electron chi connectivity index (χ1n) is 10.1. The van der Waals surface area contributed by atoms with Crippen molar-refractivity contribution in [1.29, 1.82) is 0 Å². The summed E-state index contributed by atoms with van der Waals surface area (Å²) in [4.78, 5) is 13.4. The Bertz CT molecular complexity index is 1180. The van der Waals surface area contributed by atoms with Gasteiger partial charge in [0, 0.05) is 12.8 Å². The van der Waals surface area contributed by atoms with Gasteiger partial charge in [0.25, 0.3) is 0 Å². The van der Waals surface area contributed by atoms with Gasteiger partial charge in [-0.2, -0.15) is 4.72 Å². The number of amides is 1. The second kappa shape index (κ2) is 11.1. The molecule has 0 aliphatic heterocycles. The van der Waals surface area contributed by atoms with Crippen LogP contribution in [0.3, 0.4) is 0 Å². The Labute approximate surface area is 216 Å². The normalized spacial score (nSPS) is 12.5. The highest BCUT2D eigenvalue weighted by molar-refractivity contribution is 14.1. The van der Waals surface area contributed by atoms with E-state index in [1.165, 1.54) is 12.1 Å². The van der Waals surface area contributed by atoms with E-state index in [4.69, 9.17) is 0 Å². The van der Waals surface area contributed by atoms with Gasteiger partial charge in [0.1, 0.15) is 6.04 Å². The molecule has 0 aliphatic carbocycles. The van der Waals surface area contributed by atoms with Crippen LogP contribution in [0.15, 0.2) is 77.7 Å². The lowest BCUT2D eigenvalue weighted by Gasteiger charge is -2.21. The molecule has 0 unspecified atom stereocenters. The van der Waals surface area contributed by atoms with Crippen molar-refractivity contribution in [3.8, 4) is 0 Å². The molecule has 0 aromatic heterocycles. The summed E-state index contributed by atoms with van der Waals surface area (Å²) in [5.41, 5.74) is 2.56. The first kappa shape index (κ1) is 25.1. The highest BCUT2D eigenvalue weighted by Gasteiger charge is 2.27. The topological polar surface area (TPSA) is 75.3 Å². The van der Waals surface area contributed by atoms with Crippen molar-refractivity contribution in [2.45, 2.75) is 37.1 Å². The van der Waals surface area contributed by atoms with E-state index in [1.807, 2.05) is 48.5 Å². The number of nitrogens with one attached hydrogen (secondary N) is 2. The fraction of sp³-hybridized carbons (Fsp3) is 0.208. The standard InChI is InChI=1S/C24H24I2N2O3S/c1-16(2)21-15-19(26)10-13-22(21)27-24(29)23(14-17-6-4-3-5-7-17)28-32(30,31)20-11-8-18(25)9-12-20/h3-13,15-16,23,28H,14H2,1-2H3,(H,27,29)/t23-/m1/s1. The third-order valence-corrected chi connectivity index (χ3v) is 7.79. The van der Waals surface area contributed by atoms with Gasteiger partial charge in [-0.25, -0.2) is 8.42 Å². The number of anilines is 1. The summed E-state index contributed by atoms with van der Waals surface area (Å²) in [5.74, 6) is -0.192. The molecule has 0 aliphatic rings. The van der Waals surface area contributed by atoms with Crippen molar-refractivity contribution in [3.05, 3.63) is 91.1 Å². The quantitative estimate of drug-likeness (QED) is 0.308. The molecule has 0 heterocycles.